The summed E-state index contributed by atoms with van der Waals surface area (Å²) in [6, 6.07) is 12.0. The molecule has 0 unspecified atom stereocenters. The van der Waals surface area contributed by atoms with E-state index in [2.05, 4.69) is 20.3 Å². The maximum atomic E-state index is 13.0. The van der Waals surface area contributed by atoms with E-state index >= 15 is 0 Å². The number of sulfonamides is 1. The number of alkyl halides is 3. The van der Waals surface area contributed by atoms with Gasteiger partial charge in [-0.15, -0.1) is 0 Å². The lowest BCUT2D eigenvalue weighted by Gasteiger charge is -2.31. The third-order valence-corrected chi connectivity index (χ3v) is 6.56. The van der Waals surface area contributed by atoms with Crippen molar-refractivity contribution in [3.8, 4) is 0 Å². The van der Waals surface area contributed by atoms with Crippen LogP contribution in [-0.4, -0.2) is 64.3 Å². The molecule has 1 amide bonds. The number of benzene rings is 2. The molecule has 4 N–H and O–H groups in total. The van der Waals surface area contributed by atoms with Crippen LogP contribution >= 0.6 is 0 Å². The molecule has 13 heteroatoms. The highest BCUT2D eigenvalue weighted by atomic mass is 32.2. The second-order valence-electron chi connectivity index (χ2n) is 7.73. The fraction of sp³-hybridized carbons (Fsp3) is 0.391. The minimum atomic E-state index is -5.08. The number of carbonyl (C=O) groups excluding carboxylic acids is 1. The Kier molecular flexibility index (Phi) is 10.1. The van der Waals surface area contributed by atoms with Gasteiger partial charge in [-0.2, -0.15) is 13.2 Å². The fourth-order valence-corrected chi connectivity index (χ4v) is 4.38. The fourth-order valence-electron chi connectivity index (χ4n) is 3.31. The van der Waals surface area contributed by atoms with Crippen molar-refractivity contribution in [1.82, 2.24) is 10.6 Å². The van der Waals surface area contributed by atoms with Gasteiger partial charge in [-0.25, -0.2) is 13.2 Å². The predicted molar refractivity (Wildman–Crippen MR) is 130 cm³/mol. The second-order valence-corrected chi connectivity index (χ2v) is 9.42. The van der Waals surface area contributed by atoms with Gasteiger partial charge in [-0.1, -0.05) is 19.1 Å². The molecule has 9 nitrogen and oxygen atoms in total. The molecular formula is C23H29F3N4O5S. The monoisotopic (exact) mass is 530 g/mol. The molecule has 0 bridgehead atoms. The number of piperazine rings is 1. The number of carbonyl (C=O) groups is 2. The Morgan fingerprint density at radius 1 is 1.06 bits per heavy atom. The maximum Gasteiger partial charge on any atom is 0.490 e. The third-order valence-electron chi connectivity index (χ3n) is 5.18. The molecule has 0 aromatic heterocycles. The summed E-state index contributed by atoms with van der Waals surface area (Å²) in [5.74, 6) is -2.99. The van der Waals surface area contributed by atoms with E-state index in [1.54, 1.807) is 24.3 Å². The van der Waals surface area contributed by atoms with Gasteiger partial charge in [0.15, 0.2) is 0 Å². The summed E-state index contributed by atoms with van der Waals surface area (Å²) in [6.45, 7) is 7.54. The van der Waals surface area contributed by atoms with Gasteiger partial charge in [-0.05, 0) is 49.2 Å². The first kappa shape index (κ1) is 28.9. The summed E-state index contributed by atoms with van der Waals surface area (Å²) in [7, 11) is -3.78. The average molecular weight is 531 g/mol. The molecule has 0 spiro atoms. The minimum Gasteiger partial charge on any atom is -0.475 e. The number of rotatable bonds is 7. The van der Waals surface area contributed by atoms with Crippen molar-refractivity contribution >= 4 is 33.3 Å². The standard InChI is InChI=1S/C21H28N4O3S.C2HF3O2/c1-3-16-5-8-18(9-6-16)29(27,28)24-19-15-17(21(26)23-4-2)7-10-20(19)25-13-11-22-12-14-25;3-2(4,5)1(6)7/h5-10,15,22,24H,3-4,11-14H2,1-2H3,(H,23,26);(H,6,7). The highest BCUT2D eigenvalue weighted by Crippen LogP contribution is 2.30. The summed E-state index contributed by atoms with van der Waals surface area (Å²) >= 11 is 0. The molecule has 2 aromatic carbocycles. The first-order valence-corrected chi connectivity index (χ1v) is 12.7. The predicted octanol–water partition coefficient (Wildman–Crippen LogP) is 2.84. The Morgan fingerprint density at radius 3 is 2.14 bits per heavy atom. The van der Waals surface area contributed by atoms with E-state index in [1.165, 1.54) is 0 Å². The van der Waals surface area contributed by atoms with Crippen LogP contribution in [-0.2, 0) is 21.2 Å². The molecule has 0 atom stereocenters. The Labute approximate surface area is 207 Å². The number of anilines is 2. The van der Waals surface area contributed by atoms with Gasteiger partial charge < -0.3 is 20.6 Å². The minimum absolute atomic E-state index is 0.198. The van der Waals surface area contributed by atoms with Crippen molar-refractivity contribution < 1.29 is 36.3 Å². The van der Waals surface area contributed by atoms with Crippen LogP contribution in [0.4, 0.5) is 24.5 Å². The van der Waals surface area contributed by atoms with Gasteiger partial charge in [0.2, 0.25) is 0 Å². The van der Waals surface area contributed by atoms with Crippen molar-refractivity contribution in [3.05, 3.63) is 53.6 Å². The lowest BCUT2D eigenvalue weighted by atomic mass is 10.1. The van der Waals surface area contributed by atoms with E-state index in [-0.39, 0.29) is 10.8 Å². The lowest BCUT2D eigenvalue weighted by Crippen LogP contribution is -2.43. The molecule has 0 aliphatic carbocycles. The van der Waals surface area contributed by atoms with Crippen LogP contribution in [0.15, 0.2) is 47.4 Å². The number of carboxylic acids is 1. The van der Waals surface area contributed by atoms with E-state index in [4.69, 9.17) is 9.90 Å². The second kappa shape index (κ2) is 12.6. The SMILES string of the molecule is CCNC(=O)c1ccc(N2CCNCC2)c(NS(=O)(=O)c2ccc(CC)cc2)c1.O=C(O)C(F)(F)F. The number of amides is 1. The van der Waals surface area contributed by atoms with Crippen molar-refractivity contribution in [2.24, 2.45) is 0 Å². The molecule has 3 rings (SSSR count). The quantitative estimate of drug-likeness (QED) is 0.434. The van der Waals surface area contributed by atoms with E-state index in [0.29, 0.717) is 17.8 Å². The van der Waals surface area contributed by atoms with Gasteiger partial charge >= 0.3 is 12.1 Å². The summed E-state index contributed by atoms with van der Waals surface area (Å²) in [4.78, 5) is 23.5. The van der Waals surface area contributed by atoms with Crippen LogP contribution in [0, 0.1) is 0 Å². The van der Waals surface area contributed by atoms with Crippen LogP contribution in [0.2, 0.25) is 0 Å². The van der Waals surface area contributed by atoms with Crippen LogP contribution in [0.3, 0.4) is 0 Å². The molecule has 2 aromatic rings. The Morgan fingerprint density at radius 2 is 1.64 bits per heavy atom. The molecular weight excluding hydrogens is 501 g/mol. The highest BCUT2D eigenvalue weighted by molar-refractivity contribution is 7.92. The molecule has 0 saturated carbocycles. The molecule has 198 valence electrons. The molecule has 1 saturated heterocycles. The van der Waals surface area contributed by atoms with E-state index in [0.717, 1.165) is 43.9 Å². The van der Waals surface area contributed by atoms with Crippen LogP contribution in [0.1, 0.15) is 29.8 Å². The molecule has 1 aliphatic rings. The zero-order valence-corrected chi connectivity index (χ0v) is 20.7. The van der Waals surface area contributed by atoms with Gasteiger partial charge in [0, 0.05) is 38.3 Å². The van der Waals surface area contributed by atoms with Gasteiger partial charge in [-0.3, -0.25) is 9.52 Å². The first-order valence-electron chi connectivity index (χ1n) is 11.2. The van der Waals surface area contributed by atoms with Crippen molar-refractivity contribution in [1.29, 1.82) is 0 Å². The van der Waals surface area contributed by atoms with Crippen molar-refractivity contribution in [3.63, 3.8) is 0 Å². The topological polar surface area (TPSA) is 128 Å². The number of hydrogen-bond acceptors (Lipinski definition) is 6. The van der Waals surface area contributed by atoms with Gasteiger partial charge in [0.05, 0.1) is 16.3 Å². The Hall–Kier alpha value is -3.32. The van der Waals surface area contributed by atoms with Gasteiger partial charge in [0.25, 0.3) is 15.9 Å². The normalized spacial score (nSPS) is 13.9. The van der Waals surface area contributed by atoms with E-state index in [9.17, 15) is 26.4 Å². The smallest absolute Gasteiger partial charge is 0.475 e. The maximum absolute atomic E-state index is 13.0. The first-order chi connectivity index (χ1) is 16.9. The Bertz CT molecular complexity index is 1150. The van der Waals surface area contributed by atoms with E-state index < -0.39 is 22.2 Å². The summed E-state index contributed by atoms with van der Waals surface area (Å²) in [5.41, 5.74) is 2.68. The lowest BCUT2D eigenvalue weighted by molar-refractivity contribution is -0.192. The van der Waals surface area contributed by atoms with Crippen LogP contribution in [0.25, 0.3) is 0 Å². The molecule has 0 radical (unpaired) electrons. The van der Waals surface area contributed by atoms with Crippen molar-refractivity contribution in [2.45, 2.75) is 31.3 Å². The summed E-state index contributed by atoms with van der Waals surface area (Å²) in [5, 5.41) is 13.2. The molecule has 1 fully saturated rings. The number of nitrogens with zero attached hydrogens (tertiary/aromatic N) is 1. The highest BCUT2D eigenvalue weighted by Gasteiger charge is 2.38. The van der Waals surface area contributed by atoms with Gasteiger partial charge in [0.1, 0.15) is 0 Å². The van der Waals surface area contributed by atoms with Crippen LogP contribution in [0.5, 0.6) is 0 Å². The number of aryl methyl sites for hydroxylation is 1. The molecule has 36 heavy (non-hydrogen) atoms. The summed E-state index contributed by atoms with van der Waals surface area (Å²) in [6.07, 6.45) is -4.24. The number of halogens is 3. The largest absolute Gasteiger partial charge is 0.490 e. The average Bonchev–Trinajstić information content (AvgIpc) is 2.84. The number of aliphatic carboxylic acids is 1. The molecule has 1 heterocycles. The van der Waals surface area contributed by atoms with Crippen molar-refractivity contribution in [2.75, 3.05) is 42.3 Å². The zero-order chi connectivity index (χ0) is 26.9. The molecule has 1 aliphatic heterocycles. The third kappa shape index (κ3) is 8.12. The van der Waals surface area contributed by atoms with Crippen LogP contribution < -0.4 is 20.3 Å². The van der Waals surface area contributed by atoms with E-state index in [1.807, 2.05) is 32.0 Å². The Balaban J connectivity index is 0.000000572. The zero-order valence-electron chi connectivity index (χ0n) is 19.9. The number of carboxylic acid groups (broad SMARTS) is 1. The number of hydrogen-bond donors (Lipinski definition) is 4. The summed E-state index contributed by atoms with van der Waals surface area (Å²) < 4.78 is 60.4. The number of nitrogens with one attached hydrogen (secondary N) is 3.